The minimum atomic E-state index is -4.51. The molecule has 2 heterocycles. The number of halogens is 4. The molecule has 9 nitrogen and oxygen atoms in total. The standard InChI is InChI=1S/C25H31ClF3N7O2/c1-14-22(35-23(31-2)33-17-9-11-38-12-10-17)36(18-6-3-15(4-7-18)21(30)37)24(32-14)34-20-8-5-16(13-19(20)26)25(27,28)29/h5,8,13,15,17-18H,2-4,6-7,9-12H2,1H3,(H2,30,37)(H,32,34)(H,33,35)/t15-,18+. The second-order valence-corrected chi connectivity index (χ2v) is 9.97. The number of hydrogen-bond donors (Lipinski definition) is 3. The molecule has 1 saturated heterocycles. The van der Waals surface area contributed by atoms with Gasteiger partial charge in [-0.1, -0.05) is 11.6 Å². The molecular formula is C25H31ClF3N7O2. The zero-order valence-corrected chi connectivity index (χ0v) is 21.8. The topological polar surface area (TPSA) is 119 Å². The fourth-order valence-corrected chi connectivity index (χ4v) is 5.10. The lowest BCUT2D eigenvalue weighted by atomic mass is 9.85. The van der Waals surface area contributed by atoms with Crippen LogP contribution in [0.3, 0.4) is 0 Å². The van der Waals surface area contributed by atoms with Gasteiger partial charge in [0.15, 0.2) is 5.82 Å². The van der Waals surface area contributed by atoms with Gasteiger partial charge in [0.05, 0.1) is 22.0 Å². The van der Waals surface area contributed by atoms with Crippen LogP contribution in [0.2, 0.25) is 5.02 Å². The third-order valence-corrected chi connectivity index (χ3v) is 7.29. The number of hydrogen-bond acceptors (Lipinski definition) is 5. The number of rotatable bonds is 6. The molecule has 1 saturated carbocycles. The first-order valence-electron chi connectivity index (χ1n) is 12.5. The van der Waals surface area contributed by atoms with Gasteiger partial charge in [-0.25, -0.2) is 9.98 Å². The second-order valence-electron chi connectivity index (χ2n) is 9.56. The Labute approximate surface area is 223 Å². The Morgan fingerprint density at radius 2 is 1.89 bits per heavy atom. The number of amides is 1. The summed E-state index contributed by atoms with van der Waals surface area (Å²) in [4.78, 5) is 25.2. The van der Waals surface area contributed by atoms with E-state index in [2.05, 4.69) is 27.3 Å². The third-order valence-electron chi connectivity index (χ3n) is 6.98. The zero-order chi connectivity index (χ0) is 27.4. The number of imidazole rings is 1. The van der Waals surface area contributed by atoms with Gasteiger partial charge in [0.2, 0.25) is 17.8 Å². The number of aryl methyl sites for hydroxylation is 1. The molecule has 206 valence electrons. The minimum absolute atomic E-state index is 0.0876. The second kappa shape index (κ2) is 11.7. The molecule has 0 bridgehead atoms. The zero-order valence-electron chi connectivity index (χ0n) is 21.0. The predicted molar refractivity (Wildman–Crippen MR) is 141 cm³/mol. The Kier molecular flexibility index (Phi) is 8.61. The molecule has 13 heteroatoms. The number of aliphatic imine (C=N–C) groups is 2. The van der Waals surface area contributed by atoms with Crippen molar-refractivity contribution in [3.05, 3.63) is 34.5 Å². The Balaban J connectivity index is 1.69. The van der Waals surface area contributed by atoms with E-state index in [4.69, 9.17) is 27.1 Å². The number of ether oxygens (including phenoxy) is 1. The van der Waals surface area contributed by atoms with Crippen molar-refractivity contribution in [1.82, 2.24) is 14.9 Å². The third kappa shape index (κ3) is 6.47. The van der Waals surface area contributed by atoms with Crippen LogP contribution in [0.5, 0.6) is 0 Å². The van der Waals surface area contributed by atoms with Crippen LogP contribution < -0.4 is 16.4 Å². The van der Waals surface area contributed by atoms with Crippen LogP contribution in [0, 0.1) is 12.8 Å². The minimum Gasteiger partial charge on any atom is -0.381 e. The SMILES string of the molecule is C=N/C(=N\c1c(C)nc(Nc2ccc(C(F)(F)F)cc2Cl)n1[C@H]1CC[C@@H](C(N)=O)CC1)NC1CCOCC1. The summed E-state index contributed by atoms with van der Waals surface area (Å²) >= 11 is 6.22. The van der Waals surface area contributed by atoms with Crippen molar-refractivity contribution in [2.45, 2.75) is 63.7 Å². The highest BCUT2D eigenvalue weighted by Crippen LogP contribution is 2.40. The molecule has 2 aliphatic rings. The first-order valence-corrected chi connectivity index (χ1v) is 12.9. The highest BCUT2D eigenvalue weighted by molar-refractivity contribution is 6.33. The molecule has 1 aromatic heterocycles. The van der Waals surface area contributed by atoms with Gasteiger partial charge in [-0.2, -0.15) is 18.2 Å². The number of aromatic nitrogens is 2. The van der Waals surface area contributed by atoms with Gasteiger partial charge >= 0.3 is 6.18 Å². The monoisotopic (exact) mass is 553 g/mol. The highest BCUT2D eigenvalue weighted by atomic mass is 35.5. The molecular weight excluding hydrogens is 523 g/mol. The van der Waals surface area contributed by atoms with Gasteiger partial charge in [-0.05, 0) is 70.4 Å². The van der Waals surface area contributed by atoms with E-state index >= 15 is 0 Å². The number of primary amides is 1. The molecule has 0 radical (unpaired) electrons. The molecule has 4 rings (SSSR count). The smallest absolute Gasteiger partial charge is 0.381 e. The van der Waals surface area contributed by atoms with Crippen LogP contribution in [-0.4, -0.2) is 47.4 Å². The quantitative estimate of drug-likeness (QED) is 0.332. The highest BCUT2D eigenvalue weighted by Gasteiger charge is 2.32. The lowest BCUT2D eigenvalue weighted by molar-refractivity contribution is -0.137. The van der Waals surface area contributed by atoms with E-state index in [0.29, 0.717) is 62.3 Å². The van der Waals surface area contributed by atoms with Crippen LogP contribution in [0.15, 0.2) is 28.2 Å². The first-order chi connectivity index (χ1) is 18.1. The Hall–Kier alpha value is -3.12. The number of nitrogens with zero attached hydrogens (tertiary/aromatic N) is 4. The molecule has 1 aromatic carbocycles. The van der Waals surface area contributed by atoms with E-state index in [1.165, 1.54) is 6.07 Å². The van der Waals surface area contributed by atoms with Gasteiger partial charge in [0.1, 0.15) is 0 Å². The average Bonchev–Trinajstić information content (AvgIpc) is 3.19. The van der Waals surface area contributed by atoms with E-state index in [0.717, 1.165) is 25.0 Å². The van der Waals surface area contributed by atoms with Crippen molar-refractivity contribution < 1.29 is 22.7 Å². The van der Waals surface area contributed by atoms with Gasteiger partial charge < -0.3 is 21.1 Å². The van der Waals surface area contributed by atoms with E-state index in [1.54, 1.807) is 6.92 Å². The van der Waals surface area contributed by atoms with Gasteiger partial charge in [0.25, 0.3) is 0 Å². The number of guanidine groups is 1. The molecule has 1 aliphatic carbocycles. The number of carbonyl (C=O) groups excluding carboxylic acids is 1. The molecule has 1 amide bonds. The summed E-state index contributed by atoms with van der Waals surface area (Å²) in [5.74, 6) is 0.715. The van der Waals surface area contributed by atoms with Crippen LogP contribution >= 0.6 is 11.6 Å². The first kappa shape index (κ1) is 27.9. The van der Waals surface area contributed by atoms with E-state index in [1.807, 2.05) is 4.57 Å². The van der Waals surface area contributed by atoms with Crippen molar-refractivity contribution in [1.29, 1.82) is 0 Å². The fraction of sp³-hybridized carbons (Fsp3) is 0.520. The Morgan fingerprint density at radius 1 is 1.21 bits per heavy atom. The molecule has 4 N–H and O–H groups in total. The summed E-state index contributed by atoms with van der Waals surface area (Å²) in [6.45, 7) is 6.73. The van der Waals surface area contributed by atoms with Crippen molar-refractivity contribution in [2.75, 3.05) is 18.5 Å². The molecule has 2 fully saturated rings. The molecule has 0 spiro atoms. The van der Waals surface area contributed by atoms with Crippen LogP contribution in [0.1, 0.15) is 55.8 Å². The number of anilines is 2. The average molecular weight is 554 g/mol. The number of nitrogens with two attached hydrogens (primary N) is 1. The van der Waals surface area contributed by atoms with E-state index in [-0.39, 0.29) is 34.6 Å². The predicted octanol–water partition coefficient (Wildman–Crippen LogP) is 5.28. The van der Waals surface area contributed by atoms with Gasteiger partial charge in [-0.15, -0.1) is 0 Å². The van der Waals surface area contributed by atoms with Crippen molar-refractivity contribution in [3.63, 3.8) is 0 Å². The summed E-state index contributed by atoms with van der Waals surface area (Å²) in [5.41, 5.74) is 5.54. The number of alkyl halides is 3. The van der Waals surface area contributed by atoms with Crippen LogP contribution in [0.25, 0.3) is 0 Å². The van der Waals surface area contributed by atoms with E-state index < -0.39 is 11.7 Å². The van der Waals surface area contributed by atoms with Crippen molar-refractivity contribution >= 4 is 47.6 Å². The fourth-order valence-electron chi connectivity index (χ4n) is 4.88. The maximum atomic E-state index is 13.1. The summed E-state index contributed by atoms with van der Waals surface area (Å²) in [5, 5.41) is 6.31. The van der Waals surface area contributed by atoms with Gasteiger partial charge in [-0.3, -0.25) is 9.36 Å². The normalized spacial score (nSPS) is 21.2. The number of benzene rings is 1. The van der Waals surface area contributed by atoms with Crippen molar-refractivity contribution in [3.8, 4) is 0 Å². The maximum absolute atomic E-state index is 13.1. The largest absolute Gasteiger partial charge is 0.416 e. The molecule has 0 atom stereocenters. The molecule has 1 aliphatic heterocycles. The summed E-state index contributed by atoms with van der Waals surface area (Å²) < 4.78 is 46.7. The Morgan fingerprint density at radius 3 is 2.47 bits per heavy atom. The molecule has 0 unspecified atom stereocenters. The van der Waals surface area contributed by atoms with Crippen LogP contribution in [-0.2, 0) is 15.7 Å². The summed E-state index contributed by atoms with van der Waals surface area (Å²) in [6.07, 6.45) is -0.394. The maximum Gasteiger partial charge on any atom is 0.416 e. The van der Waals surface area contributed by atoms with Gasteiger partial charge in [0, 0.05) is 31.2 Å². The molecule has 38 heavy (non-hydrogen) atoms. The summed E-state index contributed by atoms with van der Waals surface area (Å²) in [7, 11) is 0. The Bertz CT molecular complexity index is 1200. The van der Waals surface area contributed by atoms with Crippen molar-refractivity contribution in [2.24, 2.45) is 21.6 Å². The summed E-state index contributed by atoms with van der Waals surface area (Å²) in [6, 6.07) is 3.16. The molecule has 2 aromatic rings. The lowest BCUT2D eigenvalue weighted by Crippen LogP contribution is -2.38. The number of carbonyl (C=O) groups is 1. The number of nitrogens with one attached hydrogen (secondary N) is 2. The van der Waals surface area contributed by atoms with E-state index in [9.17, 15) is 18.0 Å². The lowest BCUT2D eigenvalue weighted by Gasteiger charge is -2.29. The van der Waals surface area contributed by atoms with Crippen LogP contribution in [0.4, 0.5) is 30.6 Å².